The first-order chi connectivity index (χ1) is 13.3. The maximum absolute atomic E-state index is 12.0. The molecule has 2 aromatic carbocycles. The Bertz CT molecular complexity index is 1070. The van der Waals surface area contributed by atoms with Gasteiger partial charge in [0.1, 0.15) is 0 Å². The van der Waals surface area contributed by atoms with Crippen molar-refractivity contribution in [1.82, 2.24) is 9.99 Å². The van der Waals surface area contributed by atoms with E-state index in [1.807, 2.05) is 47.8 Å². The molecule has 2 heterocycles. The van der Waals surface area contributed by atoms with Gasteiger partial charge < -0.3 is 4.57 Å². The number of nitrogens with one attached hydrogen (secondary N) is 1. The number of fused-ring (bicyclic) bond motifs is 1. The second-order valence-corrected chi connectivity index (χ2v) is 7.30. The van der Waals surface area contributed by atoms with Gasteiger partial charge in [-0.3, -0.25) is 4.79 Å². The monoisotopic (exact) mass is 373 g/mol. The molecule has 0 saturated heterocycles. The standard InChI is InChI=1S/C22H19N3OS/c26-22(13-19-9-6-12-27-19)24-23-14-18-16-25(15-17-7-2-1-3-8-17)21-11-5-4-10-20(18)21/h1-12,14,16H,13,15H2,(H,24,26)/b23-14+. The SMILES string of the molecule is O=C(Cc1cccs1)N/N=C/c1cn(Cc2ccccc2)c2ccccc12. The Morgan fingerprint density at radius 3 is 2.67 bits per heavy atom. The largest absolute Gasteiger partial charge is 0.342 e. The van der Waals surface area contributed by atoms with Crippen LogP contribution in [0.25, 0.3) is 10.9 Å². The third kappa shape index (κ3) is 4.15. The number of aromatic nitrogens is 1. The molecule has 5 heteroatoms. The fourth-order valence-electron chi connectivity index (χ4n) is 3.07. The number of para-hydroxylation sites is 1. The summed E-state index contributed by atoms with van der Waals surface area (Å²) >= 11 is 1.57. The summed E-state index contributed by atoms with van der Waals surface area (Å²) in [5.41, 5.74) is 5.99. The molecule has 1 N–H and O–H groups in total. The van der Waals surface area contributed by atoms with Crippen LogP contribution in [-0.2, 0) is 17.8 Å². The fourth-order valence-corrected chi connectivity index (χ4v) is 3.78. The predicted octanol–water partition coefficient (Wildman–Crippen LogP) is 4.44. The van der Waals surface area contributed by atoms with Crippen LogP contribution in [0.2, 0.25) is 0 Å². The summed E-state index contributed by atoms with van der Waals surface area (Å²) in [4.78, 5) is 13.0. The first kappa shape index (κ1) is 17.2. The average Bonchev–Trinajstić information content (AvgIpc) is 3.31. The van der Waals surface area contributed by atoms with Crippen molar-refractivity contribution in [2.45, 2.75) is 13.0 Å². The van der Waals surface area contributed by atoms with E-state index in [9.17, 15) is 4.79 Å². The lowest BCUT2D eigenvalue weighted by atomic mass is 10.2. The Morgan fingerprint density at radius 1 is 1.04 bits per heavy atom. The number of rotatable bonds is 6. The van der Waals surface area contributed by atoms with Crippen LogP contribution in [0, 0.1) is 0 Å². The number of hydrazone groups is 1. The third-order valence-corrected chi connectivity index (χ3v) is 5.20. The Balaban J connectivity index is 1.52. The molecule has 1 amide bonds. The van der Waals surface area contributed by atoms with Crippen molar-refractivity contribution in [3.63, 3.8) is 0 Å². The molecule has 0 fully saturated rings. The molecule has 2 aromatic heterocycles. The van der Waals surface area contributed by atoms with E-state index in [0.29, 0.717) is 6.42 Å². The van der Waals surface area contributed by atoms with Crippen LogP contribution in [-0.4, -0.2) is 16.7 Å². The molecule has 27 heavy (non-hydrogen) atoms. The van der Waals surface area contributed by atoms with Crippen molar-refractivity contribution in [2.75, 3.05) is 0 Å². The maximum atomic E-state index is 12.0. The highest BCUT2D eigenvalue weighted by molar-refractivity contribution is 7.10. The third-order valence-electron chi connectivity index (χ3n) is 4.32. The molecular formula is C22H19N3OS. The van der Waals surface area contributed by atoms with Crippen molar-refractivity contribution >= 4 is 34.4 Å². The molecule has 0 aliphatic rings. The minimum atomic E-state index is -0.110. The molecule has 4 nitrogen and oxygen atoms in total. The second-order valence-electron chi connectivity index (χ2n) is 6.26. The van der Waals surface area contributed by atoms with Crippen molar-refractivity contribution < 1.29 is 4.79 Å². The normalized spacial score (nSPS) is 11.3. The van der Waals surface area contributed by atoms with Gasteiger partial charge >= 0.3 is 0 Å². The molecule has 0 atom stereocenters. The number of carbonyl (C=O) groups excluding carboxylic acids is 1. The average molecular weight is 373 g/mol. The van der Waals surface area contributed by atoms with Gasteiger partial charge in [0.2, 0.25) is 5.91 Å². The minimum Gasteiger partial charge on any atom is -0.342 e. The van der Waals surface area contributed by atoms with E-state index in [2.05, 4.69) is 45.6 Å². The highest BCUT2D eigenvalue weighted by atomic mass is 32.1. The second kappa shape index (κ2) is 8.01. The van der Waals surface area contributed by atoms with E-state index in [0.717, 1.165) is 27.9 Å². The number of benzene rings is 2. The molecule has 134 valence electrons. The van der Waals surface area contributed by atoms with Crippen molar-refractivity contribution in [3.05, 3.63) is 94.3 Å². The van der Waals surface area contributed by atoms with Crippen LogP contribution in [0.1, 0.15) is 16.0 Å². The van der Waals surface area contributed by atoms with Crippen LogP contribution in [0.4, 0.5) is 0 Å². The van der Waals surface area contributed by atoms with Crippen LogP contribution < -0.4 is 5.43 Å². The fraction of sp³-hybridized carbons (Fsp3) is 0.0909. The summed E-state index contributed by atoms with van der Waals surface area (Å²) in [5.74, 6) is -0.110. The zero-order valence-electron chi connectivity index (χ0n) is 14.7. The first-order valence-electron chi connectivity index (χ1n) is 8.76. The predicted molar refractivity (Wildman–Crippen MR) is 111 cm³/mol. The lowest BCUT2D eigenvalue weighted by Gasteiger charge is -2.05. The van der Waals surface area contributed by atoms with Crippen LogP contribution in [0.5, 0.6) is 0 Å². The molecule has 0 unspecified atom stereocenters. The van der Waals surface area contributed by atoms with E-state index in [-0.39, 0.29) is 5.91 Å². The number of hydrogen-bond acceptors (Lipinski definition) is 3. The lowest BCUT2D eigenvalue weighted by molar-refractivity contribution is -0.120. The van der Waals surface area contributed by atoms with Crippen LogP contribution in [0.15, 0.2) is 83.4 Å². The van der Waals surface area contributed by atoms with Gasteiger partial charge in [0, 0.05) is 34.1 Å². The number of nitrogens with zero attached hydrogens (tertiary/aromatic N) is 2. The van der Waals surface area contributed by atoms with E-state index in [4.69, 9.17) is 0 Å². The Morgan fingerprint density at radius 2 is 1.85 bits per heavy atom. The summed E-state index contributed by atoms with van der Waals surface area (Å²) in [6.07, 6.45) is 4.15. The highest BCUT2D eigenvalue weighted by Crippen LogP contribution is 2.21. The zero-order valence-corrected chi connectivity index (χ0v) is 15.5. The lowest BCUT2D eigenvalue weighted by Crippen LogP contribution is -2.19. The van der Waals surface area contributed by atoms with Gasteiger partial charge in [0.15, 0.2) is 0 Å². The van der Waals surface area contributed by atoms with Gasteiger partial charge in [-0.2, -0.15) is 5.10 Å². The summed E-state index contributed by atoms with van der Waals surface area (Å²) < 4.78 is 2.21. The molecule has 4 aromatic rings. The number of carbonyl (C=O) groups is 1. The van der Waals surface area contributed by atoms with E-state index in [1.54, 1.807) is 17.6 Å². The molecule has 0 saturated carbocycles. The molecule has 0 spiro atoms. The Kier molecular flexibility index (Phi) is 5.12. The van der Waals surface area contributed by atoms with Gasteiger partial charge in [0.25, 0.3) is 0 Å². The van der Waals surface area contributed by atoms with Gasteiger partial charge in [-0.15, -0.1) is 11.3 Å². The van der Waals surface area contributed by atoms with E-state index < -0.39 is 0 Å². The molecule has 0 radical (unpaired) electrons. The van der Waals surface area contributed by atoms with Crippen molar-refractivity contribution in [3.8, 4) is 0 Å². The molecule has 0 aliphatic carbocycles. The quantitative estimate of drug-likeness (QED) is 0.394. The molecule has 4 rings (SSSR count). The summed E-state index contributed by atoms with van der Waals surface area (Å²) in [6.45, 7) is 0.792. The molecule has 0 aliphatic heterocycles. The summed E-state index contributed by atoms with van der Waals surface area (Å²) in [5, 5.41) is 7.24. The number of thiophene rings is 1. The van der Waals surface area contributed by atoms with Crippen molar-refractivity contribution in [1.29, 1.82) is 0 Å². The Hall–Kier alpha value is -3.18. The van der Waals surface area contributed by atoms with Gasteiger partial charge in [-0.1, -0.05) is 54.6 Å². The summed E-state index contributed by atoms with van der Waals surface area (Å²) in [7, 11) is 0. The number of amides is 1. The smallest absolute Gasteiger partial charge is 0.245 e. The van der Waals surface area contributed by atoms with E-state index >= 15 is 0 Å². The maximum Gasteiger partial charge on any atom is 0.245 e. The minimum absolute atomic E-state index is 0.110. The van der Waals surface area contributed by atoms with Gasteiger partial charge in [-0.05, 0) is 23.1 Å². The van der Waals surface area contributed by atoms with Gasteiger partial charge in [-0.25, -0.2) is 5.43 Å². The molecular weight excluding hydrogens is 354 g/mol. The zero-order chi connectivity index (χ0) is 18.5. The van der Waals surface area contributed by atoms with Crippen LogP contribution in [0.3, 0.4) is 0 Å². The molecule has 0 bridgehead atoms. The highest BCUT2D eigenvalue weighted by Gasteiger charge is 2.07. The van der Waals surface area contributed by atoms with E-state index in [1.165, 1.54) is 5.56 Å². The topological polar surface area (TPSA) is 46.4 Å². The first-order valence-corrected chi connectivity index (χ1v) is 9.63. The summed E-state index contributed by atoms with van der Waals surface area (Å²) in [6, 6.07) is 22.5. The van der Waals surface area contributed by atoms with Gasteiger partial charge in [0.05, 0.1) is 12.6 Å². The van der Waals surface area contributed by atoms with Crippen molar-refractivity contribution in [2.24, 2.45) is 5.10 Å². The van der Waals surface area contributed by atoms with Crippen LogP contribution >= 0.6 is 11.3 Å². The Labute approximate surface area is 161 Å². The number of hydrogen-bond donors (Lipinski definition) is 1.